The van der Waals surface area contributed by atoms with Crippen molar-refractivity contribution >= 4 is 66.2 Å². The Labute approximate surface area is 238 Å². The molecule has 3 aromatic heterocycles. The van der Waals surface area contributed by atoms with E-state index < -0.39 is 0 Å². The van der Waals surface area contributed by atoms with Crippen molar-refractivity contribution in [2.45, 2.75) is 75.0 Å². The van der Waals surface area contributed by atoms with Gasteiger partial charge in [0.1, 0.15) is 17.8 Å². The van der Waals surface area contributed by atoms with Crippen LogP contribution in [0.2, 0.25) is 0 Å². The lowest BCUT2D eigenvalue weighted by Gasteiger charge is -2.35. The number of hydrogen-bond acceptors (Lipinski definition) is 7. The first-order valence-corrected chi connectivity index (χ1v) is 15.7. The molecule has 0 radical (unpaired) electrons. The molecule has 7 rings (SSSR count). The third kappa shape index (κ3) is 3.31. The summed E-state index contributed by atoms with van der Waals surface area (Å²) in [5, 5.41) is 19.5. The molecule has 4 aliphatic carbocycles. The lowest BCUT2D eigenvalue weighted by molar-refractivity contribution is 0.346. The Hall–Kier alpha value is -3.60. The van der Waals surface area contributed by atoms with Crippen molar-refractivity contribution in [3.8, 4) is 21.9 Å². The third-order valence-corrected chi connectivity index (χ3v) is 12.7. The second-order valence-corrected chi connectivity index (χ2v) is 13.9. The predicted molar refractivity (Wildman–Crippen MR) is 159 cm³/mol. The van der Waals surface area contributed by atoms with Crippen LogP contribution in [0.25, 0.3) is 34.9 Å². The quantitative estimate of drug-likeness (QED) is 0.177. The lowest BCUT2D eigenvalue weighted by atomic mass is 9.68. The first kappa shape index (κ1) is 24.4. The molecular weight excluding hydrogens is 541 g/mol. The van der Waals surface area contributed by atoms with Gasteiger partial charge >= 0.3 is 11.7 Å². The number of hydrogen-bond donors (Lipinski definition) is 0. The van der Waals surface area contributed by atoms with E-state index in [1.54, 1.807) is 11.3 Å². The lowest BCUT2D eigenvalue weighted by Crippen LogP contribution is -2.29. The fourth-order valence-electron chi connectivity index (χ4n) is 7.43. The maximum atomic E-state index is 9.45. The van der Waals surface area contributed by atoms with Crippen LogP contribution < -0.4 is 0 Å². The Morgan fingerprint density at radius 1 is 0.769 bits per heavy atom. The van der Waals surface area contributed by atoms with Crippen molar-refractivity contribution in [3.63, 3.8) is 0 Å². The molecule has 2 fully saturated rings. The highest BCUT2D eigenvalue weighted by Crippen LogP contribution is 2.67. The Morgan fingerprint density at radius 2 is 1.38 bits per heavy atom. The molecule has 0 unspecified atom stereocenters. The topological polar surface area (TPSA) is 81.0 Å². The van der Waals surface area contributed by atoms with Crippen LogP contribution in [0.15, 0.2) is 21.7 Å². The number of fused-ring (bicyclic) bond motifs is 10. The van der Waals surface area contributed by atoms with E-state index >= 15 is 0 Å². The molecule has 4 aliphatic rings. The first-order chi connectivity index (χ1) is 19.1. The molecule has 6 nitrogen and oxygen atoms in total. The number of aliphatic imine (C=N–C) groups is 2. The summed E-state index contributed by atoms with van der Waals surface area (Å²) >= 11 is 5.38. The predicted octanol–water partition coefficient (Wildman–Crippen LogP) is 9.13. The van der Waals surface area contributed by atoms with Gasteiger partial charge in [-0.2, -0.15) is 0 Å². The second kappa shape index (κ2) is 8.97. The second-order valence-electron chi connectivity index (χ2n) is 10.8. The molecule has 39 heavy (non-hydrogen) atoms. The van der Waals surface area contributed by atoms with Gasteiger partial charge in [-0.05, 0) is 31.2 Å². The zero-order valence-corrected chi connectivity index (χ0v) is 23.6. The highest BCUT2D eigenvalue weighted by molar-refractivity contribution is 7.33. The molecule has 190 valence electrons. The maximum absolute atomic E-state index is 9.45. The fraction of sp³-hybridized carbons (Fsp3) is 0.400. The third-order valence-electron chi connectivity index (χ3n) is 8.97. The van der Waals surface area contributed by atoms with E-state index in [9.17, 15) is 10.5 Å². The Bertz CT molecular complexity index is 1790. The standard InChI is InChI=1S/C30H22N6S3/c1-33-20(15-31)35-19-14-18-23(30(19)11-7-4-8-12-30)26-28(37-18)24-27(39-26)25-17(29(24)9-5-3-6-10-29)13-22(38-25)36-21(16-32)34-2/h13-14H,3-12H2. The molecule has 0 aliphatic heterocycles. The number of amidine groups is 2. The Balaban J connectivity index is 1.46. The van der Waals surface area contributed by atoms with Gasteiger partial charge < -0.3 is 9.69 Å². The van der Waals surface area contributed by atoms with Gasteiger partial charge in [-0.1, -0.05) is 68.0 Å². The normalized spacial score (nSPS) is 20.6. The summed E-state index contributed by atoms with van der Waals surface area (Å²) in [6.45, 7) is 14.7. The average molecular weight is 563 g/mol. The molecule has 3 aromatic rings. The molecule has 0 amide bonds. The van der Waals surface area contributed by atoms with Crippen molar-refractivity contribution < 1.29 is 0 Å². The van der Waals surface area contributed by atoms with Crippen LogP contribution in [0.4, 0.5) is 5.00 Å². The molecule has 9 heteroatoms. The van der Waals surface area contributed by atoms with Crippen molar-refractivity contribution in [3.05, 3.63) is 56.2 Å². The molecule has 3 heterocycles. The van der Waals surface area contributed by atoms with E-state index in [0.29, 0.717) is 0 Å². The minimum absolute atomic E-state index is 0.0303. The molecule has 2 saturated carbocycles. The summed E-state index contributed by atoms with van der Waals surface area (Å²) in [4.78, 5) is 19.5. The molecule has 0 saturated heterocycles. The monoisotopic (exact) mass is 562 g/mol. The molecule has 0 bridgehead atoms. The first-order valence-electron chi connectivity index (χ1n) is 13.3. The van der Waals surface area contributed by atoms with Gasteiger partial charge in [-0.3, -0.25) is 0 Å². The van der Waals surface area contributed by atoms with E-state index in [1.807, 2.05) is 34.8 Å². The van der Waals surface area contributed by atoms with Gasteiger partial charge in [-0.25, -0.2) is 10.5 Å². The Kier molecular flexibility index (Phi) is 5.62. The van der Waals surface area contributed by atoms with Crippen LogP contribution in [0, 0.1) is 35.8 Å². The van der Waals surface area contributed by atoms with Crippen molar-refractivity contribution in [1.29, 1.82) is 10.5 Å². The highest BCUT2D eigenvalue weighted by Gasteiger charge is 2.52. The highest BCUT2D eigenvalue weighted by atomic mass is 32.1. The van der Waals surface area contributed by atoms with Gasteiger partial charge in [0, 0.05) is 33.6 Å². The van der Waals surface area contributed by atoms with Crippen LogP contribution in [0.5, 0.6) is 0 Å². The number of nitrogens with zero attached hydrogens (tertiary/aromatic N) is 6. The molecular formula is C30H22N6S3. The van der Waals surface area contributed by atoms with E-state index in [2.05, 4.69) is 31.8 Å². The van der Waals surface area contributed by atoms with E-state index in [4.69, 9.17) is 13.1 Å². The van der Waals surface area contributed by atoms with Gasteiger partial charge in [-0.15, -0.1) is 27.7 Å². The van der Waals surface area contributed by atoms with E-state index in [-0.39, 0.29) is 22.5 Å². The van der Waals surface area contributed by atoms with Crippen LogP contribution in [-0.4, -0.2) is 11.7 Å². The summed E-state index contributed by atoms with van der Waals surface area (Å²) in [6.07, 6.45) is 13.5. The fourth-order valence-corrected chi connectivity index (χ4v) is 11.9. The zero-order valence-electron chi connectivity index (χ0n) is 21.1. The summed E-state index contributed by atoms with van der Waals surface area (Å²) in [5.74, 6) is -0.202. The summed E-state index contributed by atoms with van der Waals surface area (Å²) in [5.41, 5.74) is 4.86. The Morgan fingerprint density at radius 3 is 2.03 bits per heavy atom. The van der Waals surface area contributed by atoms with Gasteiger partial charge in [0.15, 0.2) is 0 Å². The molecule has 0 aromatic carbocycles. The number of thiophene rings is 3. The maximum Gasteiger partial charge on any atom is 0.350 e. The zero-order chi connectivity index (χ0) is 26.8. The van der Waals surface area contributed by atoms with Crippen molar-refractivity contribution in [1.82, 2.24) is 0 Å². The largest absolute Gasteiger partial charge is 0.351 e. The summed E-state index contributed by atoms with van der Waals surface area (Å²) in [6, 6.07) is 6.04. The van der Waals surface area contributed by atoms with Gasteiger partial charge in [0.2, 0.25) is 5.00 Å². The van der Waals surface area contributed by atoms with Crippen LogP contribution in [0.1, 0.15) is 85.8 Å². The number of rotatable bonds is 2. The smallest absolute Gasteiger partial charge is 0.350 e. The molecule has 0 atom stereocenters. The van der Waals surface area contributed by atoms with Crippen LogP contribution in [0.3, 0.4) is 0 Å². The minimum atomic E-state index is -0.220. The van der Waals surface area contributed by atoms with E-state index in [0.717, 1.165) is 49.2 Å². The summed E-state index contributed by atoms with van der Waals surface area (Å²) < 4.78 is 2.77. The molecule has 2 spiro atoms. The van der Waals surface area contributed by atoms with Gasteiger partial charge in [0.05, 0.1) is 24.6 Å². The minimum Gasteiger partial charge on any atom is -0.351 e. The SMILES string of the molecule is [C-]#[N+]C(C#N)=NC1=Cc2sc3c4c(sc3c2C12CCCCC2)-c1sc(N=C(C#N)[N+]#[C-])cc1C41CCCCC1. The molecule has 0 N–H and O–H groups in total. The number of nitriles is 2. The summed E-state index contributed by atoms with van der Waals surface area (Å²) in [7, 11) is 0. The van der Waals surface area contributed by atoms with Gasteiger partial charge in [0.25, 0.3) is 0 Å². The average Bonchev–Trinajstić information content (AvgIpc) is 3.73. The van der Waals surface area contributed by atoms with Crippen LogP contribution >= 0.6 is 34.0 Å². The van der Waals surface area contributed by atoms with Crippen LogP contribution in [-0.2, 0) is 10.8 Å². The number of allylic oxidation sites excluding steroid dienone is 1. The van der Waals surface area contributed by atoms with E-state index in [1.165, 1.54) is 66.4 Å². The van der Waals surface area contributed by atoms with Crippen molar-refractivity contribution in [2.75, 3.05) is 0 Å². The van der Waals surface area contributed by atoms with Crippen molar-refractivity contribution in [2.24, 2.45) is 9.98 Å².